The van der Waals surface area contributed by atoms with Crippen molar-refractivity contribution in [3.8, 4) is 0 Å². The molecule has 1 aromatic heterocycles. The molecule has 0 saturated carbocycles. The standard InChI is InChI=1S/C16H21N3/c1-11(2)13-7-9-14(10-8-13)16(19-17)15-6-4-5-12(3)18-15/h4-11,16,19H,17H2,1-3H3. The van der Waals surface area contributed by atoms with E-state index in [-0.39, 0.29) is 6.04 Å². The summed E-state index contributed by atoms with van der Waals surface area (Å²) in [5.41, 5.74) is 7.25. The Kier molecular flexibility index (Phi) is 4.30. The zero-order valence-electron chi connectivity index (χ0n) is 11.7. The summed E-state index contributed by atoms with van der Waals surface area (Å²) in [6, 6.07) is 14.5. The lowest BCUT2D eigenvalue weighted by atomic mass is 9.98. The molecular weight excluding hydrogens is 234 g/mol. The number of hydrogen-bond donors (Lipinski definition) is 2. The van der Waals surface area contributed by atoms with Crippen molar-refractivity contribution in [2.75, 3.05) is 0 Å². The molecule has 0 saturated heterocycles. The summed E-state index contributed by atoms with van der Waals surface area (Å²) in [7, 11) is 0. The average molecular weight is 255 g/mol. The third kappa shape index (κ3) is 3.19. The molecule has 1 atom stereocenters. The van der Waals surface area contributed by atoms with Gasteiger partial charge in [0.05, 0.1) is 11.7 Å². The normalized spacial score (nSPS) is 12.7. The van der Waals surface area contributed by atoms with Gasteiger partial charge in [0.1, 0.15) is 0 Å². The Morgan fingerprint density at radius 2 is 1.63 bits per heavy atom. The second-order valence-electron chi connectivity index (χ2n) is 5.12. The van der Waals surface area contributed by atoms with Crippen molar-refractivity contribution in [1.82, 2.24) is 10.4 Å². The Bertz CT molecular complexity index is 532. The SMILES string of the molecule is Cc1cccc(C(NN)c2ccc(C(C)C)cc2)n1. The number of rotatable bonds is 4. The minimum atomic E-state index is -0.0684. The first kappa shape index (κ1) is 13.7. The predicted molar refractivity (Wildman–Crippen MR) is 78.7 cm³/mol. The molecule has 19 heavy (non-hydrogen) atoms. The number of nitrogens with zero attached hydrogens (tertiary/aromatic N) is 1. The van der Waals surface area contributed by atoms with E-state index in [4.69, 9.17) is 5.84 Å². The van der Waals surface area contributed by atoms with Gasteiger partial charge < -0.3 is 0 Å². The van der Waals surface area contributed by atoms with Crippen LogP contribution in [-0.4, -0.2) is 4.98 Å². The predicted octanol–water partition coefficient (Wildman–Crippen LogP) is 3.07. The summed E-state index contributed by atoms with van der Waals surface area (Å²) in [5, 5.41) is 0. The van der Waals surface area contributed by atoms with Crippen LogP contribution in [-0.2, 0) is 0 Å². The molecule has 100 valence electrons. The van der Waals surface area contributed by atoms with Gasteiger partial charge in [-0.15, -0.1) is 0 Å². The number of nitrogens with two attached hydrogens (primary N) is 1. The molecule has 0 aliphatic carbocycles. The van der Waals surface area contributed by atoms with Crippen LogP contribution < -0.4 is 11.3 Å². The van der Waals surface area contributed by atoms with Gasteiger partial charge in [0, 0.05) is 5.69 Å². The molecule has 0 radical (unpaired) electrons. The van der Waals surface area contributed by atoms with Crippen LogP contribution in [0.5, 0.6) is 0 Å². The van der Waals surface area contributed by atoms with Crippen LogP contribution >= 0.6 is 0 Å². The first-order valence-electron chi connectivity index (χ1n) is 6.61. The van der Waals surface area contributed by atoms with Crippen LogP contribution in [0.25, 0.3) is 0 Å². The first-order valence-corrected chi connectivity index (χ1v) is 6.61. The fourth-order valence-electron chi connectivity index (χ4n) is 2.15. The summed E-state index contributed by atoms with van der Waals surface area (Å²) < 4.78 is 0. The van der Waals surface area contributed by atoms with Crippen molar-refractivity contribution in [3.63, 3.8) is 0 Å². The van der Waals surface area contributed by atoms with E-state index in [1.165, 1.54) is 5.56 Å². The van der Waals surface area contributed by atoms with Crippen molar-refractivity contribution in [2.24, 2.45) is 5.84 Å². The quantitative estimate of drug-likeness (QED) is 0.652. The van der Waals surface area contributed by atoms with Gasteiger partial charge >= 0.3 is 0 Å². The monoisotopic (exact) mass is 255 g/mol. The molecule has 3 N–H and O–H groups in total. The van der Waals surface area contributed by atoms with Crippen LogP contribution in [0.4, 0.5) is 0 Å². The Labute approximate surface area is 114 Å². The Balaban J connectivity index is 2.31. The number of aryl methyl sites for hydroxylation is 1. The highest BCUT2D eigenvalue weighted by Gasteiger charge is 2.14. The van der Waals surface area contributed by atoms with Crippen LogP contribution in [0, 0.1) is 6.92 Å². The summed E-state index contributed by atoms with van der Waals surface area (Å²) in [6.45, 7) is 6.37. The van der Waals surface area contributed by atoms with Gasteiger partial charge in [-0.3, -0.25) is 10.8 Å². The summed E-state index contributed by atoms with van der Waals surface area (Å²) in [6.07, 6.45) is 0. The lowest BCUT2D eigenvalue weighted by molar-refractivity contribution is 0.618. The Morgan fingerprint density at radius 1 is 1.00 bits per heavy atom. The van der Waals surface area contributed by atoms with E-state index in [0.717, 1.165) is 17.0 Å². The average Bonchev–Trinajstić information content (AvgIpc) is 2.40. The summed E-state index contributed by atoms with van der Waals surface area (Å²) in [4.78, 5) is 4.54. The molecular formula is C16H21N3. The van der Waals surface area contributed by atoms with Gasteiger partial charge in [-0.05, 0) is 36.1 Å². The molecule has 2 rings (SSSR count). The van der Waals surface area contributed by atoms with Crippen LogP contribution in [0.3, 0.4) is 0 Å². The van der Waals surface area contributed by atoms with E-state index >= 15 is 0 Å². The molecule has 3 nitrogen and oxygen atoms in total. The van der Waals surface area contributed by atoms with Crippen LogP contribution in [0.15, 0.2) is 42.5 Å². The number of hydrogen-bond acceptors (Lipinski definition) is 3. The molecule has 0 spiro atoms. The van der Waals surface area contributed by atoms with E-state index in [1.54, 1.807) is 0 Å². The maximum atomic E-state index is 5.69. The smallest absolute Gasteiger partial charge is 0.0881 e. The fourth-order valence-corrected chi connectivity index (χ4v) is 2.15. The fraction of sp³-hybridized carbons (Fsp3) is 0.312. The van der Waals surface area contributed by atoms with Gasteiger partial charge in [-0.1, -0.05) is 44.2 Å². The maximum Gasteiger partial charge on any atom is 0.0881 e. The highest BCUT2D eigenvalue weighted by atomic mass is 15.2. The summed E-state index contributed by atoms with van der Waals surface area (Å²) >= 11 is 0. The zero-order chi connectivity index (χ0) is 13.8. The molecule has 1 unspecified atom stereocenters. The van der Waals surface area contributed by atoms with Crippen LogP contribution in [0.1, 0.15) is 48.3 Å². The lowest BCUT2D eigenvalue weighted by Crippen LogP contribution is -2.29. The molecule has 1 aromatic carbocycles. The largest absolute Gasteiger partial charge is 0.271 e. The van der Waals surface area contributed by atoms with E-state index < -0.39 is 0 Å². The number of pyridine rings is 1. The van der Waals surface area contributed by atoms with Crippen LogP contribution in [0.2, 0.25) is 0 Å². The van der Waals surface area contributed by atoms with E-state index in [9.17, 15) is 0 Å². The van der Waals surface area contributed by atoms with Gasteiger partial charge in [0.25, 0.3) is 0 Å². The topological polar surface area (TPSA) is 50.9 Å². The molecule has 2 aromatic rings. The molecule has 0 aliphatic heterocycles. The number of hydrazine groups is 1. The maximum absolute atomic E-state index is 5.69. The molecule has 0 amide bonds. The zero-order valence-corrected chi connectivity index (χ0v) is 11.7. The highest BCUT2D eigenvalue weighted by Crippen LogP contribution is 2.22. The minimum Gasteiger partial charge on any atom is -0.271 e. The Morgan fingerprint density at radius 3 is 2.16 bits per heavy atom. The van der Waals surface area contributed by atoms with Crippen molar-refractivity contribution in [1.29, 1.82) is 0 Å². The van der Waals surface area contributed by atoms with E-state index in [2.05, 4.69) is 48.5 Å². The van der Waals surface area contributed by atoms with E-state index in [1.807, 2.05) is 25.1 Å². The van der Waals surface area contributed by atoms with Gasteiger partial charge in [0.2, 0.25) is 0 Å². The number of nitrogens with one attached hydrogen (secondary N) is 1. The minimum absolute atomic E-state index is 0.0684. The second-order valence-corrected chi connectivity index (χ2v) is 5.12. The molecule has 0 fully saturated rings. The molecule has 3 heteroatoms. The van der Waals surface area contributed by atoms with Crippen molar-refractivity contribution in [3.05, 3.63) is 65.0 Å². The van der Waals surface area contributed by atoms with Crippen molar-refractivity contribution < 1.29 is 0 Å². The van der Waals surface area contributed by atoms with Gasteiger partial charge in [-0.25, -0.2) is 5.43 Å². The molecule has 0 aliphatic rings. The summed E-state index contributed by atoms with van der Waals surface area (Å²) in [5.74, 6) is 6.23. The van der Waals surface area contributed by atoms with E-state index in [0.29, 0.717) is 5.92 Å². The molecule has 1 heterocycles. The third-order valence-corrected chi connectivity index (χ3v) is 3.31. The van der Waals surface area contributed by atoms with Gasteiger partial charge in [-0.2, -0.15) is 0 Å². The molecule has 0 bridgehead atoms. The lowest BCUT2D eigenvalue weighted by Gasteiger charge is -2.17. The van der Waals surface area contributed by atoms with Gasteiger partial charge in [0.15, 0.2) is 0 Å². The highest BCUT2D eigenvalue weighted by molar-refractivity contribution is 5.32. The number of aromatic nitrogens is 1. The number of benzene rings is 1. The van der Waals surface area contributed by atoms with Crippen molar-refractivity contribution in [2.45, 2.75) is 32.7 Å². The first-order chi connectivity index (χ1) is 9.11. The Hall–Kier alpha value is -1.71. The third-order valence-electron chi connectivity index (χ3n) is 3.31. The van der Waals surface area contributed by atoms with Crippen molar-refractivity contribution >= 4 is 0 Å². The second kappa shape index (κ2) is 5.95.